The van der Waals surface area contributed by atoms with Crippen LogP contribution in [0.1, 0.15) is 25.0 Å². The number of aryl methyl sites for hydroxylation is 2. The summed E-state index contributed by atoms with van der Waals surface area (Å²) in [4.78, 5) is 0. The maximum Gasteiger partial charge on any atom is 0.138 e. The van der Waals surface area contributed by atoms with Crippen LogP contribution in [0, 0.1) is 0 Å². The Bertz CT molecular complexity index is 252. The summed E-state index contributed by atoms with van der Waals surface area (Å²) in [6.07, 6.45) is 1.91. The first-order valence-electron chi connectivity index (χ1n) is 4.29. The van der Waals surface area contributed by atoms with Gasteiger partial charge in [0.1, 0.15) is 5.75 Å². The summed E-state index contributed by atoms with van der Waals surface area (Å²) in [5.41, 5.74) is 8.46. The molecule has 0 aliphatic carbocycles. The van der Waals surface area contributed by atoms with Crippen LogP contribution in [0.3, 0.4) is 0 Å². The van der Waals surface area contributed by atoms with E-state index in [0.29, 0.717) is 5.69 Å². The lowest BCUT2D eigenvalue weighted by molar-refractivity contribution is 0.477. The summed E-state index contributed by atoms with van der Waals surface area (Å²) in [6.45, 7) is 4.16. The first-order chi connectivity index (χ1) is 5.69. The third kappa shape index (κ3) is 1.52. The van der Waals surface area contributed by atoms with Gasteiger partial charge in [0.25, 0.3) is 0 Å². The van der Waals surface area contributed by atoms with Gasteiger partial charge < -0.3 is 10.8 Å². The molecule has 0 radical (unpaired) electrons. The third-order valence-electron chi connectivity index (χ3n) is 2.11. The Morgan fingerprint density at radius 1 is 1.17 bits per heavy atom. The molecule has 0 unspecified atom stereocenters. The molecular formula is C10H15NO. The first-order valence-corrected chi connectivity index (χ1v) is 4.29. The Labute approximate surface area is 73.0 Å². The summed E-state index contributed by atoms with van der Waals surface area (Å²) in [7, 11) is 0. The lowest BCUT2D eigenvalue weighted by Gasteiger charge is -2.08. The van der Waals surface area contributed by atoms with E-state index in [-0.39, 0.29) is 5.75 Å². The molecule has 1 aromatic rings. The number of aromatic hydroxyl groups is 1. The zero-order valence-electron chi connectivity index (χ0n) is 7.59. The standard InChI is InChI=1S/C10H15NO/c1-3-7-5-9(11)10(12)6-8(7)4-2/h5-6,12H,3-4,11H2,1-2H3. The lowest BCUT2D eigenvalue weighted by Crippen LogP contribution is -1.94. The largest absolute Gasteiger partial charge is 0.506 e. The van der Waals surface area contributed by atoms with Crippen molar-refractivity contribution in [3.05, 3.63) is 23.3 Å². The van der Waals surface area contributed by atoms with E-state index in [2.05, 4.69) is 13.8 Å². The fraction of sp³-hybridized carbons (Fsp3) is 0.400. The van der Waals surface area contributed by atoms with Crippen molar-refractivity contribution in [2.45, 2.75) is 26.7 Å². The van der Waals surface area contributed by atoms with Gasteiger partial charge in [0.2, 0.25) is 0 Å². The predicted molar refractivity (Wildman–Crippen MR) is 51.3 cm³/mol. The van der Waals surface area contributed by atoms with Gasteiger partial charge in [-0.15, -0.1) is 0 Å². The van der Waals surface area contributed by atoms with Crippen LogP contribution in [0.4, 0.5) is 5.69 Å². The highest BCUT2D eigenvalue weighted by Crippen LogP contribution is 2.25. The van der Waals surface area contributed by atoms with Crippen molar-refractivity contribution in [2.24, 2.45) is 0 Å². The van der Waals surface area contributed by atoms with Crippen molar-refractivity contribution >= 4 is 5.69 Å². The SMILES string of the molecule is CCc1cc(N)c(O)cc1CC. The number of hydrogen-bond acceptors (Lipinski definition) is 2. The molecule has 0 aliphatic rings. The van der Waals surface area contributed by atoms with Crippen LogP contribution in [0.15, 0.2) is 12.1 Å². The van der Waals surface area contributed by atoms with E-state index in [9.17, 15) is 5.11 Å². The number of nitrogens with two attached hydrogens (primary N) is 1. The molecule has 0 saturated heterocycles. The molecule has 1 rings (SSSR count). The molecule has 12 heavy (non-hydrogen) atoms. The van der Waals surface area contributed by atoms with Crippen molar-refractivity contribution in [3.63, 3.8) is 0 Å². The average Bonchev–Trinajstić information content (AvgIpc) is 2.09. The second-order valence-electron chi connectivity index (χ2n) is 2.89. The van der Waals surface area contributed by atoms with E-state index in [1.807, 2.05) is 6.07 Å². The van der Waals surface area contributed by atoms with Crippen molar-refractivity contribution in [1.29, 1.82) is 0 Å². The maximum absolute atomic E-state index is 9.33. The molecule has 0 spiro atoms. The first kappa shape index (κ1) is 8.91. The van der Waals surface area contributed by atoms with Crippen LogP contribution in [-0.2, 0) is 12.8 Å². The van der Waals surface area contributed by atoms with Gasteiger partial charge >= 0.3 is 0 Å². The molecule has 0 atom stereocenters. The van der Waals surface area contributed by atoms with E-state index in [4.69, 9.17) is 5.73 Å². The molecule has 0 aromatic heterocycles. The maximum atomic E-state index is 9.33. The molecule has 1 aromatic carbocycles. The molecule has 0 aliphatic heterocycles. The van der Waals surface area contributed by atoms with Crippen LogP contribution in [0.5, 0.6) is 5.75 Å². The van der Waals surface area contributed by atoms with Crippen molar-refractivity contribution < 1.29 is 5.11 Å². The number of hydrogen-bond donors (Lipinski definition) is 2. The molecule has 0 bridgehead atoms. The summed E-state index contributed by atoms with van der Waals surface area (Å²) in [5.74, 6) is 0.198. The summed E-state index contributed by atoms with van der Waals surface area (Å²) < 4.78 is 0. The number of rotatable bonds is 2. The normalized spacial score (nSPS) is 10.2. The highest BCUT2D eigenvalue weighted by atomic mass is 16.3. The Kier molecular flexibility index (Phi) is 2.58. The van der Waals surface area contributed by atoms with Crippen molar-refractivity contribution in [3.8, 4) is 5.75 Å². The molecule has 0 fully saturated rings. The number of anilines is 1. The van der Waals surface area contributed by atoms with Gasteiger partial charge in [-0.1, -0.05) is 13.8 Å². The average molecular weight is 165 g/mol. The zero-order chi connectivity index (χ0) is 9.14. The molecule has 2 heteroatoms. The lowest BCUT2D eigenvalue weighted by atomic mass is 10.0. The monoisotopic (exact) mass is 165 g/mol. The fourth-order valence-corrected chi connectivity index (χ4v) is 1.35. The second-order valence-corrected chi connectivity index (χ2v) is 2.89. The molecule has 0 amide bonds. The van der Waals surface area contributed by atoms with Crippen molar-refractivity contribution in [1.82, 2.24) is 0 Å². The minimum atomic E-state index is 0.198. The van der Waals surface area contributed by atoms with E-state index >= 15 is 0 Å². The summed E-state index contributed by atoms with van der Waals surface area (Å²) in [5, 5.41) is 9.33. The highest BCUT2D eigenvalue weighted by molar-refractivity contribution is 5.56. The van der Waals surface area contributed by atoms with Gasteiger partial charge in [-0.2, -0.15) is 0 Å². The van der Waals surface area contributed by atoms with Gasteiger partial charge in [0.05, 0.1) is 5.69 Å². The Balaban J connectivity index is 3.19. The van der Waals surface area contributed by atoms with Gasteiger partial charge in [0, 0.05) is 0 Å². The molecule has 0 saturated carbocycles. The Hall–Kier alpha value is -1.18. The van der Waals surface area contributed by atoms with Gasteiger partial charge in [-0.3, -0.25) is 0 Å². The summed E-state index contributed by atoms with van der Waals surface area (Å²) in [6, 6.07) is 3.61. The smallest absolute Gasteiger partial charge is 0.138 e. The quantitative estimate of drug-likeness (QED) is 0.520. The van der Waals surface area contributed by atoms with Crippen LogP contribution < -0.4 is 5.73 Å². The Morgan fingerprint density at radius 2 is 1.67 bits per heavy atom. The molecule has 0 heterocycles. The van der Waals surface area contributed by atoms with E-state index in [0.717, 1.165) is 12.8 Å². The van der Waals surface area contributed by atoms with Gasteiger partial charge in [0.15, 0.2) is 0 Å². The highest BCUT2D eigenvalue weighted by Gasteiger charge is 2.03. The number of phenolic OH excluding ortho intramolecular Hbond substituents is 1. The molecule has 3 N–H and O–H groups in total. The van der Waals surface area contributed by atoms with Crippen LogP contribution in [-0.4, -0.2) is 5.11 Å². The minimum Gasteiger partial charge on any atom is -0.506 e. The zero-order valence-corrected chi connectivity index (χ0v) is 7.59. The second kappa shape index (κ2) is 3.48. The van der Waals surface area contributed by atoms with E-state index in [1.54, 1.807) is 6.07 Å². The predicted octanol–water partition coefficient (Wildman–Crippen LogP) is 2.10. The molecule has 2 nitrogen and oxygen atoms in total. The Morgan fingerprint density at radius 3 is 2.17 bits per heavy atom. The van der Waals surface area contributed by atoms with Crippen LogP contribution in [0.2, 0.25) is 0 Å². The van der Waals surface area contributed by atoms with Gasteiger partial charge in [-0.05, 0) is 36.1 Å². The van der Waals surface area contributed by atoms with Gasteiger partial charge in [-0.25, -0.2) is 0 Å². The van der Waals surface area contributed by atoms with E-state index < -0.39 is 0 Å². The fourth-order valence-electron chi connectivity index (χ4n) is 1.35. The summed E-state index contributed by atoms with van der Waals surface area (Å²) >= 11 is 0. The molecular weight excluding hydrogens is 150 g/mol. The number of nitrogen functional groups attached to an aromatic ring is 1. The van der Waals surface area contributed by atoms with Crippen LogP contribution >= 0.6 is 0 Å². The third-order valence-corrected chi connectivity index (χ3v) is 2.11. The van der Waals surface area contributed by atoms with E-state index in [1.165, 1.54) is 11.1 Å². The number of phenols is 1. The topological polar surface area (TPSA) is 46.2 Å². The number of benzene rings is 1. The molecule has 66 valence electrons. The van der Waals surface area contributed by atoms with Crippen LogP contribution in [0.25, 0.3) is 0 Å². The van der Waals surface area contributed by atoms with Crippen molar-refractivity contribution in [2.75, 3.05) is 5.73 Å². The minimum absolute atomic E-state index is 0.198.